The molecule has 0 radical (unpaired) electrons. The molecule has 0 bridgehead atoms. The first-order chi connectivity index (χ1) is 12.9. The molecule has 1 unspecified atom stereocenters. The number of anilines is 1. The summed E-state index contributed by atoms with van der Waals surface area (Å²) in [4.78, 5) is 28.7. The molecule has 1 aliphatic heterocycles. The minimum Gasteiger partial charge on any atom is -0.497 e. The van der Waals surface area contributed by atoms with Crippen LogP contribution in [0.3, 0.4) is 0 Å². The number of hydrogen-bond acceptors (Lipinski definition) is 6. The van der Waals surface area contributed by atoms with Crippen molar-refractivity contribution in [2.24, 2.45) is 0 Å². The Morgan fingerprint density at radius 2 is 2.00 bits per heavy atom. The molecule has 2 aromatic rings. The lowest BCUT2D eigenvalue weighted by Crippen LogP contribution is -2.36. The Labute approximate surface area is 156 Å². The largest absolute Gasteiger partial charge is 0.497 e. The second-order valence-electron chi connectivity index (χ2n) is 6.19. The lowest BCUT2D eigenvalue weighted by atomic mass is 10.2. The molecule has 27 heavy (non-hydrogen) atoms. The van der Waals surface area contributed by atoms with E-state index in [1.165, 1.54) is 25.4 Å². The zero-order valence-electron chi connectivity index (χ0n) is 14.6. The van der Waals surface area contributed by atoms with Crippen molar-refractivity contribution in [3.63, 3.8) is 0 Å². The smallest absolute Gasteiger partial charge is 0.270 e. The maximum atomic E-state index is 12.4. The number of sulfone groups is 1. The highest BCUT2D eigenvalue weighted by Crippen LogP contribution is 2.18. The van der Waals surface area contributed by atoms with Crippen molar-refractivity contribution in [2.75, 3.05) is 23.9 Å². The fraction of sp³-hybridized carbons (Fsp3) is 0.278. The van der Waals surface area contributed by atoms with E-state index >= 15 is 0 Å². The minimum atomic E-state index is -3.09. The zero-order valence-corrected chi connectivity index (χ0v) is 15.5. The summed E-state index contributed by atoms with van der Waals surface area (Å²) in [6.07, 6.45) is 1.74. The summed E-state index contributed by atoms with van der Waals surface area (Å²) in [5.41, 5.74) is 0.868. The number of pyridine rings is 1. The van der Waals surface area contributed by atoms with E-state index in [1.54, 1.807) is 24.3 Å². The molecule has 1 atom stereocenters. The number of ether oxygens (including phenoxy) is 1. The summed E-state index contributed by atoms with van der Waals surface area (Å²) in [5.74, 6) is -0.311. The van der Waals surface area contributed by atoms with Gasteiger partial charge in [0.05, 0.1) is 18.6 Å². The van der Waals surface area contributed by atoms with Gasteiger partial charge in [-0.05, 0) is 30.7 Å². The standard InChI is InChI=1S/C18H19N3O5S/c1-26-15-4-2-3-13(10-15)20-17(22)12-5-7-19-16(9-12)18(23)21-14-6-8-27(24,25)11-14/h2-5,7,9-10,14H,6,8,11H2,1H3,(H,20,22)(H,21,23). The van der Waals surface area contributed by atoms with Gasteiger partial charge >= 0.3 is 0 Å². The van der Waals surface area contributed by atoms with Gasteiger partial charge in [0.15, 0.2) is 9.84 Å². The molecule has 1 saturated heterocycles. The fourth-order valence-electron chi connectivity index (χ4n) is 2.77. The topological polar surface area (TPSA) is 114 Å². The van der Waals surface area contributed by atoms with E-state index in [4.69, 9.17) is 4.74 Å². The van der Waals surface area contributed by atoms with Crippen molar-refractivity contribution in [3.05, 3.63) is 53.9 Å². The Morgan fingerprint density at radius 1 is 1.19 bits per heavy atom. The molecular weight excluding hydrogens is 370 g/mol. The van der Waals surface area contributed by atoms with Crippen LogP contribution in [0.25, 0.3) is 0 Å². The van der Waals surface area contributed by atoms with Gasteiger partial charge in [-0.1, -0.05) is 6.07 Å². The van der Waals surface area contributed by atoms with Crippen LogP contribution in [0.15, 0.2) is 42.6 Å². The fourth-order valence-corrected chi connectivity index (χ4v) is 4.44. The molecule has 8 nitrogen and oxygen atoms in total. The summed E-state index contributed by atoms with van der Waals surface area (Å²) in [5, 5.41) is 5.38. The third kappa shape index (κ3) is 4.82. The molecule has 0 saturated carbocycles. The van der Waals surface area contributed by atoms with Gasteiger partial charge in [-0.3, -0.25) is 14.6 Å². The van der Waals surface area contributed by atoms with Crippen LogP contribution in [0, 0.1) is 0 Å². The van der Waals surface area contributed by atoms with Crippen LogP contribution in [0.4, 0.5) is 5.69 Å². The van der Waals surface area contributed by atoms with Crippen LogP contribution in [0.1, 0.15) is 27.3 Å². The van der Waals surface area contributed by atoms with Crippen molar-refractivity contribution in [1.29, 1.82) is 0 Å². The maximum Gasteiger partial charge on any atom is 0.270 e. The number of amides is 2. The average Bonchev–Trinajstić information content (AvgIpc) is 3.00. The molecule has 1 aromatic heterocycles. The molecule has 9 heteroatoms. The van der Waals surface area contributed by atoms with Crippen LogP contribution in [-0.4, -0.2) is 49.9 Å². The first-order valence-corrected chi connectivity index (χ1v) is 10.1. The second kappa shape index (κ2) is 7.75. The summed E-state index contributed by atoms with van der Waals surface area (Å²) < 4.78 is 28.1. The van der Waals surface area contributed by atoms with Crippen molar-refractivity contribution >= 4 is 27.3 Å². The van der Waals surface area contributed by atoms with Crippen LogP contribution in [0.2, 0.25) is 0 Å². The van der Waals surface area contributed by atoms with Crippen LogP contribution in [-0.2, 0) is 9.84 Å². The quantitative estimate of drug-likeness (QED) is 0.796. The molecule has 1 aliphatic rings. The van der Waals surface area contributed by atoms with Gasteiger partial charge in [0.2, 0.25) is 0 Å². The van der Waals surface area contributed by atoms with Gasteiger partial charge in [-0.15, -0.1) is 0 Å². The van der Waals surface area contributed by atoms with Gasteiger partial charge in [0.1, 0.15) is 11.4 Å². The highest BCUT2D eigenvalue weighted by atomic mass is 32.2. The number of nitrogens with zero attached hydrogens (tertiary/aromatic N) is 1. The highest BCUT2D eigenvalue weighted by Gasteiger charge is 2.29. The summed E-state index contributed by atoms with van der Waals surface area (Å²) in [6.45, 7) is 0. The number of benzene rings is 1. The minimum absolute atomic E-state index is 0.0533. The predicted octanol–water partition coefficient (Wildman–Crippen LogP) is 1.26. The molecule has 1 fully saturated rings. The van der Waals surface area contributed by atoms with Gasteiger partial charge in [-0.2, -0.15) is 0 Å². The highest BCUT2D eigenvalue weighted by molar-refractivity contribution is 7.91. The number of carbonyl (C=O) groups is 2. The SMILES string of the molecule is COc1cccc(NC(=O)c2ccnc(C(=O)NC3CCS(=O)(=O)C3)c2)c1. The second-order valence-corrected chi connectivity index (χ2v) is 8.42. The average molecular weight is 389 g/mol. The number of nitrogens with one attached hydrogen (secondary N) is 2. The van der Waals surface area contributed by atoms with Crippen molar-refractivity contribution in [3.8, 4) is 5.75 Å². The molecule has 142 valence electrons. The van der Waals surface area contributed by atoms with Crippen LogP contribution < -0.4 is 15.4 Å². The summed E-state index contributed by atoms with van der Waals surface area (Å²) in [7, 11) is -1.56. The Bertz CT molecular complexity index is 974. The van der Waals surface area contributed by atoms with E-state index < -0.39 is 27.7 Å². The Morgan fingerprint density at radius 3 is 2.70 bits per heavy atom. The molecule has 0 spiro atoms. The number of methoxy groups -OCH3 is 1. The monoisotopic (exact) mass is 389 g/mol. The van der Waals surface area contributed by atoms with Crippen molar-refractivity contribution in [1.82, 2.24) is 10.3 Å². The number of hydrogen-bond donors (Lipinski definition) is 2. The maximum absolute atomic E-state index is 12.4. The summed E-state index contributed by atoms with van der Waals surface area (Å²) in [6, 6.07) is 9.32. The van der Waals surface area contributed by atoms with Gasteiger partial charge in [0, 0.05) is 29.6 Å². The van der Waals surface area contributed by atoms with Gasteiger partial charge in [-0.25, -0.2) is 8.42 Å². The molecule has 2 heterocycles. The number of rotatable bonds is 5. The number of aromatic nitrogens is 1. The van der Waals surface area contributed by atoms with Gasteiger partial charge in [0.25, 0.3) is 11.8 Å². The third-order valence-electron chi connectivity index (χ3n) is 4.15. The van der Waals surface area contributed by atoms with Crippen LogP contribution >= 0.6 is 0 Å². The van der Waals surface area contributed by atoms with Gasteiger partial charge < -0.3 is 15.4 Å². The molecular formula is C18H19N3O5S. The first-order valence-electron chi connectivity index (χ1n) is 8.29. The summed E-state index contributed by atoms with van der Waals surface area (Å²) >= 11 is 0. The number of carbonyl (C=O) groups excluding carboxylic acids is 2. The Hall–Kier alpha value is -2.94. The molecule has 3 rings (SSSR count). The van der Waals surface area contributed by atoms with E-state index in [0.717, 1.165) is 0 Å². The molecule has 0 aliphatic carbocycles. The van der Waals surface area contributed by atoms with Crippen molar-refractivity contribution in [2.45, 2.75) is 12.5 Å². The Balaban J connectivity index is 1.69. The zero-order chi connectivity index (χ0) is 19.4. The third-order valence-corrected chi connectivity index (χ3v) is 5.92. The van der Waals surface area contributed by atoms with Crippen LogP contribution in [0.5, 0.6) is 5.75 Å². The normalized spacial score (nSPS) is 17.9. The Kier molecular flexibility index (Phi) is 5.41. The molecule has 2 amide bonds. The lowest BCUT2D eigenvalue weighted by Gasteiger charge is -2.11. The van der Waals surface area contributed by atoms with E-state index in [2.05, 4.69) is 15.6 Å². The van der Waals surface area contributed by atoms with Crippen molar-refractivity contribution < 1.29 is 22.7 Å². The van der Waals surface area contributed by atoms with E-state index in [0.29, 0.717) is 17.9 Å². The molecule has 1 aromatic carbocycles. The predicted molar refractivity (Wildman–Crippen MR) is 99.7 cm³/mol. The van der Waals surface area contributed by atoms with E-state index in [1.807, 2.05) is 0 Å². The molecule has 2 N–H and O–H groups in total. The van der Waals surface area contributed by atoms with E-state index in [9.17, 15) is 18.0 Å². The first kappa shape index (κ1) is 18.8. The van der Waals surface area contributed by atoms with E-state index in [-0.39, 0.29) is 22.8 Å². The lowest BCUT2D eigenvalue weighted by molar-refractivity contribution is 0.0936.